The van der Waals surface area contributed by atoms with Crippen molar-refractivity contribution in [3.63, 3.8) is 0 Å². The number of aromatic nitrogens is 1. The summed E-state index contributed by atoms with van der Waals surface area (Å²) in [6.07, 6.45) is 0. The summed E-state index contributed by atoms with van der Waals surface area (Å²) in [7, 11) is 0. The third-order valence-electron chi connectivity index (χ3n) is 2.98. The number of halogens is 2. The molecule has 0 aliphatic carbocycles. The molecule has 0 bridgehead atoms. The van der Waals surface area contributed by atoms with Gasteiger partial charge in [-0.05, 0) is 24.6 Å². The number of benzene rings is 1. The lowest BCUT2D eigenvalue weighted by atomic mass is 10.2. The number of aryl methyl sites for hydroxylation is 1. The van der Waals surface area contributed by atoms with E-state index in [2.05, 4.69) is 24.1 Å². The van der Waals surface area contributed by atoms with Crippen molar-refractivity contribution >= 4 is 0 Å². The molecule has 21 heavy (non-hydrogen) atoms. The third kappa shape index (κ3) is 4.23. The summed E-state index contributed by atoms with van der Waals surface area (Å²) in [4.78, 5) is 4.27. The third-order valence-corrected chi connectivity index (χ3v) is 2.98. The van der Waals surface area contributed by atoms with Gasteiger partial charge in [0.05, 0.1) is 0 Å². The molecule has 2 aromatic rings. The number of rotatable bonds is 5. The van der Waals surface area contributed by atoms with E-state index >= 15 is 0 Å². The molecule has 0 aliphatic rings. The summed E-state index contributed by atoms with van der Waals surface area (Å²) in [6, 6.07) is 6.96. The van der Waals surface area contributed by atoms with E-state index in [1.54, 1.807) is 6.07 Å². The van der Waals surface area contributed by atoms with Crippen molar-refractivity contribution < 1.29 is 13.5 Å². The number of hydrogen-bond acceptors (Lipinski definition) is 3. The van der Waals surface area contributed by atoms with Gasteiger partial charge in [0.15, 0.2) is 11.6 Å². The van der Waals surface area contributed by atoms with Crippen LogP contribution >= 0.6 is 0 Å². The van der Waals surface area contributed by atoms with Crippen LogP contribution in [0.1, 0.15) is 25.1 Å². The maximum atomic E-state index is 13.5. The highest BCUT2D eigenvalue weighted by molar-refractivity contribution is 5.31. The van der Waals surface area contributed by atoms with Gasteiger partial charge in [-0.3, -0.25) is 0 Å². The molecule has 0 spiro atoms. The molecular formula is C16H18F2N2O. The van der Waals surface area contributed by atoms with Crippen LogP contribution in [0.2, 0.25) is 0 Å². The van der Waals surface area contributed by atoms with Gasteiger partial charge in [0.2, 0.25) is 5.88 Å². The Morgan fingerprint density at radius 2 is 1.95 bits per heavy atom. The van der Waals surface area contributed by atoms with Crippen LogP contribution in [0.3, 0.4) is 0 Å². The Hall–Kier alpha value is -2.01. The Balaban J connectivity index is 2.14. The molecule has 3 nitrogen and oxygen atoms in total. The zero-order chi connectivity index (χ0) is 15.4. The highest BCUT2D eigenvalue weighted by Gasteiger charge is 2.09. The predicted octanol–water partition coefficient (Wildman–Crippen LogP) is 3.96. The van der Waals surface area contributed by atoms with E-state index in [-0.39, 0.29) is 11.6 Å². The van der Waals surface area contributed by atoms with E-state index in [1.807, 2.05) is 13.0 Å². The van der Waals surface area contributed by atoms with Crippen LogP contribution in [-0.2, 0) is 6.54 Å². The molecule has 0 atom stereocenters. The quantitative estimate of drug-likeness (QED) is 0.905. The molecule has 1 heterocycles. The number of nitrogens with one attached hydrogen (secondary N) is 1. The fourth-order valence-electron chi connectivity index (χ4n) is 1.79. The molecule has 5 heteroatoms. The molecule has 112 valence electrons. The van der Waals surface area contributed by atoms with Crippen molar-refractivity contribution in [3.05, 3.63) is 53.2 Å². The zero-order valence-corrected chi connectivity index (χ0v) is 12.3. The average Bonchev–Trinajstić information content (AvgIpc) is 2.42. The van der Waals surface area contributed by atoms with Crippen molar-refractivity contribution in [2.45, 2.75) is 33.4 Å². The number of nitrogens with zero attached hydrogens (tertiary/aromatic N) is 1. The van der Waals surface area contributed by atoms with Crippen molar-refractivity contribution in [3.8, 4) is 11.6 Å². The van der Waals surface area contributed by atoms with Gasteiger partial charge >= 0.3 is 0 Å². The minimum absolute atomic E-state index is 0.171. The molecule has 0 unspecified atom stereocenters. The summed E-state index contributed by atoms with van der Waals surface area (Å²) in [5.74, 6) is -1.11. The standard InChI is InChI=1S/C16H18F2N2O/c1-10(2)19-9-12-4-7-16(20-11(12)3)21-15-8-13(17)5-6-14(15)18/h4-8,10,19H,9H2,1-3H3. The van der Waals surface area contributed by atoms with Gasteiger partial charge in [0, 0.05) is 30.4 Å². The highest BCUT2D eigenvalue weighted by atomic mass is 19.1. The first-order chi connectivity index (χ1) is 9.95. The lowest BCUT2D eigenvalue weighted by Gasteiger charge is -2.12. The Bertz CT molecular complexity index is 630. The topological polar surface area (TPSA) is 34.1 Å². The van der Waals surface area contributed by atoms with Gasteiger partial charge in [0.1, 0.15) is 5.82 Å². The van der Waals surface area contributed by atoms with Crippen LogP contribution in [0.4, 0.5) is 8.78 Å². The van der Waals surface area contributed by atoms with Gasteiger partial charge in [-0.2, -0.15) is 0 Å². The van der Waals surface area contributed by atoms with E-state index in [0.29, 0.717) is 12.6 Å². The molecular weight excluding hydrogens is 274 g/mol. The molecule has 0 aliphatic heterocycles. The molecule has 0 radical (unpaired) electrons. The van der Waals surface area contributed by atoms with Crippen molar-refractivity contribution in [1.29, 1.82) is 0 Å². The van der Waals surface area contributed by atoms with E-state index in [0.717, 1.165) is 29.5 Å². The van der Waals surface area contributed by atoms with Crippen LogP contribution < -0.4 is 10.1 Å². The van der Waals surface area contributed by atoms with Gasteiger partial charge in [-0.15, -0.1) is 0 Å². The average molecular weight is 292 g/mol. The monoisotopic (exact) mass is 292 g/mol. The second-order valence-electron chi connectivity index (χ2n) is 5.11. The molecule has 2 rings (SSSR count). The summed E-state index contributed by atoms with van der Waals surface area (Å²) in [6.45, 7) is 6.68. The van der Waals surface area contributed by atoms with Crippen LogP contribution in [0.5, 0.6) is 11.6 Å². The minimum atomic E-state index is -0.624. The summed E-state index contributed by atoms with van der Waals surface area (Å²) < 4.78 is 31.9. The Kier molecular flexibility index (Phi) is 4.85. The van der Waals surface area contributed by atoms with E-state index in [1.165, 1.54) is 0 Å². The predicted molar refractivity (Wildman–Crippen MR) is 77.4 cm³/mol. The summed E-state index contributed by atoms with van der Waals surface area (Å²) in [5, 5.41) is 3.30. The smallest absolute Gasteiger partial charge is 0.219 e. The first-order valence-corrected chi connectivity index (χ1v) is 6.78. The molecule has 0 saturated carbocycles. The van der Waals surface area contributed by atoms with Crippen molar-refractivity contribution in [1.82, 2.24) is 10.3 Å². The van der Waals surface area contributed by atoms with Crippen LogP contribution in [0.15, 0.2) is 30.3 Å². The fraction of sp³-hybridized carbons (Fsp3) is 0.312. The molecule has 1 aromatic carbocycles. The highest BCUT2D eigenvalue weighted by Crippen LogP contribution is 2.24. The molecule has 0 fully saturated rings. The molecule has 1 N–H and O–H groups in total. The van der Waals surface area contributed by atoms with Gasteiger partial charge in [0.25, 0.3) is 0 Å². The second-order valence-corrected chi connectivity index (χ2v) is 5.11. The van der Waals surface area contributed by atoms with Crippen molar-refractivity contribution in [2.24, 2.45) is 0 Å². The normalized spacial score (nSPS) is 11.0. The lowest BCUT2D eigenvalue weighted by molar-refractivity contribution is 0.421. The second kappa shape index (κ2) is 6.63. The Morgan fingerprint density at radius 1 is 1.19 bits per heavy atom. The number of pyridine rings is 1. The largest absolute Gasteiger partial charge is 0.436 e. The number of ether oxygens (including phenoxy) is 1. The maximum absolute atomic E-state index is 13.5. The van der Waals surface area contributed by atoms with Gasteiger partial charge in [-0.25, -0.2) is 13.8 Å². The molecule has 0 amide bonds. The SMILES string of the molecule is Cc1nc(Oc2cc(F)ccc2F)ccc1CNC(C)C. The van der Waals surface area contributed by atoms with Crippen molar-refractivity contribution in [2.75, 3.05) is 0 Å². The van der Waals surface area contributed by atoms with Crippen LogP contribution in [0, 0.1) is 18.6 Å². The lowest BCUT2D eigenvalue weighted by Crippen LogP contribution is -2.22. The van der Waals surface area contributed by atoms with E-state index < -0.39 is 11.6 Å². The zero-order valence-electron chi connectivity index (χ0n) is 12.3. The van der Waals surface area contributed by atoms with Crippen LogP contribution in [0.25, 0.3) is 0 Å². The van der Waals surface area contributed by atoms with E-state index in [4.69, 9.17) is 4.74 Å². The van der Waals surface area contributed by atoms with Gasteiger partial charge < -0.3 is 10.1 Å². The number of hydrogen-bond donors (Lipinski definition) is 1. The first kappa shape index (κ1) is 15.4. The summed E-state index contributed by atoms with van der Waals surface area (Å²) >= 11 is 0. The Labute approximate surface area is 123 Å². The fourth-order valence-corrected chi connectivity index (χ4v) is 1.79. The molecule has 1 aromatic heterocycles. The maximum Gasteiger partial charge on any atom is 0.219 e. The minimum Gasteiger partial charge on any atom is -0.436 e. The van der Waals surface area contributed by atoms with Gasteiger partial charge in [-0.1, -0.05) is 19.9 Å². The Morgan fingerprint density at radius 3 is 2.62 bits per heavy atom. The van der Waals surface area contributed by atoms with E-state index in [9.17, 15) is 8.78 Å². The first-order valence-electron chi connectivity index (χ1n) is 6.78. The summed E-state index contributed by atoms with van der Waals surface area (Å²) in [5.41, 5.74) is 1.83. The van der Waals surface area contributed by atoms with Crippen LogP contribution in [-0.4, -0.2) is 11.0 Å². The molecule has 0 saturated heterocycles.